The number of nitrogens with two attached hydrogens (primary N) is 1. The molecule has 0 atom stereocenters. The van der Waals surface area contributed by atoms with Gasteiger partial charge in [-0.2, -0.15) is 0 Å². The third-order valence-electron chi connectivity index (χ3n) is 1.83. The van der Waals surface area contributed by atoms with Crippen molar-refractivity contribution in [3.8, 4) is 0 Å². The SMILES string of the molecule is CNc1cc(NCCCC(N)=O)ncn1. The first kappa shape index (κ1) is 11.2. The Morgan fingerprint density at radius 2 is 2.20 bits per heavy atom. The monoisotopic (exact) mass is 209 g/mol. The zero-order chi connectivity index (χ0) is 11.1. The van der Waals surface area contributed by atoms with Gasteiger partial charge in [-0.25, -0.2) is 9.97 Å². The molecule has 1 heterocycles. The van der Waals surface area contributed by atoms with Gasteiger partial charge in [-0.1, -0.05) is 0 Å². The summed E-state index contributed by atoms with van der Waals surface area (Å²) in [5.74, 6) is 1.21. The van der Waals surface area contributed by atoms with Crippen LogP contribution in [0.15, 0.2) is 12.4 Å². The summed E-state index contributed by atoms with van der Waals surface area (Å²) in [5, 5.41) is 5.99. The Morgan fingerprint density at radius 3 is 2.87 bits per heavy atom. The van der Waals surface area contributed by atoms with E-state index < -0.39 is 0 Å². The quantitative estimate of drug-likeness (QED) is 0.582. The summed E-state index contributed by atoms with van der Waals surface area (Å²) in [4.78, 5) is 18.5. The van der Waals surface area contributed by atoms with Gasteiger partial charge in [0.2, 0.25) is 5.91 Å². The molecule has 1 aromatic rings. The number of primary amides is 1. The van der Waals surface area contributed by atoms with Crippen LogP contribution in [0.5, 0.6) is 0 Å². The van der Waals surface area contributed by atoms with Gasteiger partial charge < -0.3 is 16.4 Å². The van der Waals surface area contributed by atoms with Crippen LogP contribution >= 0.6 is 0 Å². The van der Waals surface area contributed by atoms with Gasteiger partial charge in [0.25, 0.3) is 0 Å². The highest BCUT2D eigenvalue weighted by atomic mass is 16.1. The fourth-order valence-electron chi connectivity index (χ4n) is 1.07. The Hall–Kier alpha value is -1.85. The van der Waals surface area contributed by atoms with Gasteiger partial charge >= 0.3 is 0 Å². The van der Waals surface area contributed by atoms with E-state index in [2.05, 4.69) is 20.6 Å². The highest BCUT2D eigenvalue weighted by Crippen LogP contribution is 2.07. The van der Waals surface area contributed by atoms with Crippen LogP contribution in [-0.4, -0.2) is 29.5 Å². The maximum absolute atomic E-state index is 10.5. The van der Waals surface area contributed by atoms with Crippen LogP contribution in [0.3, 0.4) is 0 Å². The predicted molar refractivity (Wildman–Crippen MR) is 58.5 cm³/mol. The number of amides is 1. The first-order valence-corrected chi connectivity index (χ1v) is 4.74. The molecule has 15 heavy (non-hydrogen) atoms. The minimum absolute atomic E-state index is 0.282. The van der Waals surface area contributed by atoms with Crippen LogP contribution in [0.25, 0.3) is 0 Å². The molecule has 0 aromatic carbocycles. The van der Waals surface area contributed by atoms with Crippen LogP contribution < -0.4 is 16.4 Å². The first-order chi connectivity index (χ1) is 7.22. The predicted octanol–water partition coefficient (Wildman–Crippen LogP) is 0.196. The number of carbonyl (C=O) groups is 1. The zero-order valence-corrected chi connectivity index (χ0v) is 8.66. The number of carbonyl (C=O) groups excluding carboxylic acids is 1. The van der Waals surface area contributed by atoms with Gasteiger partial charge in [0.05, 0.1) is 0 Å². The van der Waals surface area contributed by atoms with E-state index in [0.29, 0.717) is 19.4 Å². The van der Waals surface area contributed by atoms with E-state index in [0.717, 1.165) is 11.6 Å². The molecule has 6 nitrogen and oxygen atoms in total. The molecule has 82 valence electrons. The largest absolute Gasteiger partial charge is 0.373 e. The van der Waals surface area contributed by atoms with E-state index in [9.17, 15) is 4.79 Å². The second kappa shape index (κ2) is 5.79. The lowest BCUT2D eigenvalue weighted by atomic mass is 10.3. The van der Waals surface area contributed by atoms with E-state index in [-0.39, 0.29) is 5.91 Å². The van der Waals surface area contributed by atoms with Crippen molar-refractivity contribution in [2.75, 3.05) is 24.2 Å². The lowest BCUT2D eigenvalue weighted by Gasteiger charge is -2.05. The molecule has 6 heteroatoms. The third-order valence-corrected chi connectivity index (χ3v) is 1.83. The minimum atomic E-state index is -0.282. The molecule has 1 aromatic heterocycles. The fraction of sp³-hybridized carbons (Fsp3) is 0.444. The topological polar surface area (TPSA) is 92.9 Å². The number of aromatic nitrogens is 2. The van der Waals surface area contributed by atoms with Crippen LogP contribution in [0.1, 0.15) is 12.8 Å². The molecule has 4 N–H and O–H groups in total. The van der Waals surface area contributed by atoms with Gasteiger partial charge in [-0.15, -0.1) is 0 Å². The summed E-state index contributed by atoms with van der Waals surface area (Å²) >= 11 is 0. The summed E-state index contributed by atoms with van der Waals surface area (Å²) in [5.41, 5.74) is 5.02. The van der Waals surface area contributed by atoms with E-state index in [1.165, 1.54) is 6.33 Å². The Morgan fingerprint density at radius 1 is 1.47 bits per heavy atom. The van der Waals surface area contributed by atoms with Crippen molar-refractivity contribution in [3.05, 3.63) is 12.4 Å². The van der Waals surface area contributed by atoms with Crippen molar-refractivity contribution >= 4 is 17.5 Å². The van der Waals surface area contributed by atoms with E-state index in [4.69, 9.17) is 5.73 Å². The summed E-state index contributed by atoms with van der Waals surface area (Å²) < 4.78 is 0. The average Bonchev–Trinajstić information content (AvgIpc) is 2.24. The van der Waals surface area contributed by atoms with Crippen molar-refractivity contribution < 1.29 is 4.79 Å². The molecule has 0 unspecified atom stereocenters. The Bertz CT molecular complexity index is 328. The van der Waals surface area contributed by atoms with E-state index in [1.54, 1.807) is 13.1 Å². The van der Waals surface area contributed by atoms with Crippen molar-refractivity contribution in [1.29, 1.82) is 0 Å². The summed E-state index contributed by atoms with van der Waals surface area (Å²) in [6.45, 7) is 0.670. The molecular weight excluding hydrogens is 194 g/mol. The number of hydrogen-bond donors (Lipinski definition) is 3. The summed E-state index contributed by atoms with van der Waals surface area (Å²) in [6.07, 6.45) is 2.56. The summed E-state index contributed by atoms with van der Waals surface area (Å²) in [7, 11) is 1.79. The average molecular weight is 209 g/mol. The van der Waals surface area contributed by atoms with Crippen molar-refractivity contribution in [2.45, 2.75) is 12.8 Å². The molecule has 0 bridgehead atoms. The van der Waals surface area contributed by atoms with Crippen molar-refractivity contribution in [2.24, 2.45) is 5.73 Å². The Labute approximate surface area is 88.3 Å². The number of rotatable bonds is 6. The van der Waals surface area contributed by atoms with Crippen LogP contribution in [-0.2, 0) is 4.79 Å². The molecule has 1 amide bonds. The smallest absolute Gasteiger partial charge is 0.217 e. The van der Waals surface area contributed by atoms with Crippen molar-refractivity contribution in [3.63, 3.8) is 0 Å². The molecule has 0 aliphatic carbocycles. The van der Waals surface area contributed by atoms with Gasteiger partial charge in [0.15, 0.2) is 0 Å². The first-order valence-electron chi connectivity index (χ1n) is 4.74. The second-order valence-electron chi connectivity index (χ2n) is 3.04. The second-order valence-corrected chi connectivity index (χ2v) is 3.04. The maximum atomic E-state index is 10.5. The van der Waals surface area contributed by atoms with Crippen LogP contribution in [0.2, 0.25) is 0 Å². The van der Waals surface area contributed by atoms with Gasteiger partial charge in [-0.05, 0) is 6.42 Å². The minimum Gasteiger partial charge on any atom is -0.373 e. The van der Waals surface area contributed by atoms with Gasteiger partial charge in [0, 0.05) is 26.1 Å². The molecule has 0 spiro atoms. The molecule has 0 saturated heterocycles. The molecule has 0 radical (unpaired) electrons. The number of nitrogens with one attached hydrogen (secondary N) is 2. The zero-order valence-electron chi connectivity index (χ0n) is 8.66. The molecule has 1 rings (SSSR count). The maximum Gasteiger partial charge on any atom is 0.217 e. The summed E-state index contributed by atoms with van der Waals surface area (Å²) in [6, 6.07) is 1.80. The molecule has 0 aliphatic heterocycles. The molecular formula is C9H15N5O. The van der Waals surface area contributed by atoms with E-state index in [1.807, 2.05) is 0 Å². The van der Waals surface area contributed by atoms with Crippen LogP contribution in [0, 0.1) is 0 Å². The third kappa shape index (κ3) is 4.26. The van der Waals surface area contributed by atoms with Gasteiger partial charge in [0.1, 0.15) is 18.0 Å². The standard InChI is InChI=1S/C9H15N5O/c1-11-8-5-9(14-6-13-8)12-4-2-3-7(10)15/h5-6H,2-4H2,1H3,(H2,10,15)(H2,11,12,13,14). The van der Waals surface area contributed by atoms with Crippen LogP contribution in [0.4, 0.5) is 11.6 Å². The van der Waals surface area contributed by atoms with E-state index >= 15 is 0 Å². The lowest BCUT2D eigenvalue weighted by Crippen LogP contribution is -2.13. The Balaban J connectivity index is 2.33. The molecule has 0 saturated carbocycles. The molecule has 0 fully saturated rings. The normalized spacial score (nSPS) is 9.67. The fourth-order valence-corrected chi connectivity index (χ4v) is 1.07. The molecule has 0 aliphatic rings. The lowest BCUT2D eigenvalue weighted by molar-refractivity contribution is -0.118. The van der Waals surface area contributed by atoms with Gasteiger partial charge in [-0.3, -0.25) is 4.79 Å². The number of hydrogen-bond acceptors (Lipinski definition) is 5. The number of nitrogens with zero attached hydrogens (tertiary/aromatic N) is 2. The van der Waals surface area contributed by atoms with Crippen molar-refractivity contribution in [1.82, 2.24) is 9.97 Å². The highest BCUT2D eigenvalue weighted by molar-refractivity contribution is 5.73. The Kier molecular flexibility index (Phi) is 4.33. The highest BCUT2D eigenvalue weighted by Gasteiger charge is 1.97. The number of anilines is 2.